The van der Waals surface area contributed by atoms with E-state index in [9.17, 15) is 9.59 Å². The number of halogens is 1. The minimum absolute atomic E-state index is 0.0571. The van der Waals surface area contributed by atoms with Crippen LogP contribution in [0.25, 0.3) is 0 Å². The van der Waals surface area contributed by atoms with Crippen molar-refractivity contribution < 1.29 is 9.59 Å². The van der Waals surface area contributed by atoms with E-state index in [1.165, 1.54) is 0 Å². The van der Waals surface area contributed by atoms with Crippen molar-refractivity contribution in [2.75, 3.05) is 26.2 Å². The number of carbonyl (C=O) groups excluding carboxylic acids is 2. The molecule has 3 amide bonds. The van der Waals surface area contributed by atoms with E-state index in [4.69, 9.17) is 11.6 Å². The summed E-state index contributed by atoms with van der Waals surface area (Å²) in [6.45, 7) is 2.30. The van der Waals surface area contributed by atoms with E-state index in [0.29, 0.717) is 37.6 Å². The lowest BCUT2D eigenvalue weighted by atomic mass is 9.88. The minimum Gasteiger partial charge on any atom is -0.354 e. The van der Waals surface area contributed by atoms with Crippen molar-refractivity contribution in [1.29, 1.82) is 0 Å². The van der Waals surface area contributed by atoms with Gasteiger partial charge in [-0.3, -0.25) is 4.79 Å². The van der Waals surface area contributed by atoms with Crippen LogP contribution in [0.3, 0.4) is 0 Å². The van der Waals surface area contributed by atoms with Gasteiger partial charge in [0.2, 0.25) is 5.91 Å². The van der Waals surface area contributed by atoms with Gasteiger partial charge >= 0.3 is 6.03 Å². The fraction of sp³-hybridized carbons (Fsp3) is 0.300. The zero-order valence-electron chi connectivity index (χ0n) is 14.5. The minimum atomic E-state index is -0.111. The molecule has 0 bridgehead atoms. The van der Waals surface area contributed by atoms with Gasteiger partial charge in [-0.15, -0.1) is 0 Å². The van der Waals surface area contributed by atoms with Gasteiger partial charge in [-0.1, -0.05) is 60.1 Å². The van der Waals surface area contributed by atoms with Crippen LogP contribution in [0.5, 0.6) is 0 Å². The Morgan fingerprint density at radius 2 is 1.88 bits per heavy atom. The van der Waals surface area contributed by atoms with Crippen molar-refractivity contribution in [3.8, 4) is 0 Å². The normalized spacial score (nSPS) is 14.8. The smallest absolute Gasteiger partial charge is 0.317 e. The Morgan fingerprint density at radius 1 is 1.15 bits per heavy atom. The molecule has 2 aromatic rings. The van der Waals surface area contributed by atoms with Crippen LogP contribution in [0.4, 0.5) is 4.79 Å². The lowest BCUT2D eigenvalue weighted by Crippen LogP contribution is -2.37. The Morgan fingerprint density at radius 3 is 2.58 bits per heavy atom. The molecule has 1 unspecified atom stereocenters. The number of amides is 3. The summed E-state index contributed by atoms with van der Waals surface area (Å²) < 4.78 is 0. The van der Waals surface area contributed by atoms with Gasteiger partial charge in [0.15, 0.2) is 0 Å². The standard InChI is InChI=1S/C20H22ClN3O2/c21-18-9-5-4-8-16(18)17(15-6-2-1-3-7-15)14-19(25)22-10-12-24-13-11-23-20(24)26/h1-9,17H,10-14H2,(H,22,25)(H,23,26). The van der Waals surface area contributed by atoms with Gasteiger partial charge in [-0.2, -0.15) is 0 Å². The van der Waals surface area contributed by atoms with Crippen LogP contribution in [0.1, 0.15) is 23.5 Å². The van der Waals surface area contributed by atoms with Crippen LogP contribution in [0.15, 0.2) is 54.6 Å². The first-order valence-corrected chi connectivity index (χ1v) is 9.12. The molecule has 1 heterocycles. The number of rotatable bonds is 7. The second kappa shape index (κ2) is 8.72. The van der Waals surface area contributed by atoms with Crippen molar-refractivity contribution in [3.05, 3.63) is 70.7 Å². The van der Waals surface area contributed by atoms with Crippen LogP contribution in [0, 0.1) is 0 Å². The number of hydrogen-bond donors (Lipinski definition) is 2. The van der Waals surface area contributed by atoms with E-state index < -0.39 is 0 Å². The summed E-state index contributed by atoms with van der Waals surface area (Å²) in [4.78, 5) is 25.7. The Hall–Kier alpha value is -2.53. The molecule has 1 aliphatic rings. The third-order valence-corrected chi connectivity index (χ3v) is 4.87. The third-order valence-electron chi connectivity index (χ3n) is 4.52. The van der Waals surface area contributed by atoms with E-state index in [1.807, 2.05) is 54.6 Å². The number of hydrogen-bond acceptors (Lipinski definition) is 2. The van der Waals surface area contributed by atoms with E-state index in [2.05, 4.69) is 10.6 Å². The molecule has 1 fully saturated rings. The summed E-state index contributed by atoms with van der Waals surface area (Å²) in [5.74, 6) is -0.168. The number of benzene rings is 2. The Kier molecular flexibility index (Phi) is 6.12. The molecule has 1 saturated heterocycles. The third kappa shape index (κ3) is 4.55. The Bertz CT molecular complexity index is 767. The Labute approximate surface area is 158 Å². The van der Waals surface area contributed by atoms with Crippen molar-refractivity contribution >= 4 is 23.5 Å². The fourth-order valence-electron chi connectivity index (χ4n) is 3.16. The van der Waals surface area contributed by atoms with Crippen molar-refractivity contribution in [3.63, 3.8) is 0 Å². The molecule has 2 N–H and O–H groups in total. The maximum Gasteiger partial charge on any atom is 0.317 e. The molecule has 0 aliphatic carbocycles. The van der Waals surface area contributed by atoms with Gasteiger partial charge < -0.3 is 15.5 Å². The lowest BCUT2D eigenvalue weighted by Gasteiger charge is -2.20. The van der Waals surface area contributed by atoms with Crippen LogP contribution in [-0.2, 0) is 4.79 Å². The van der Waals surface area contributed by atoms with E-state index in [-0.39, 0.29) is 17.9 Å². The Balaban J connectivity index is 1.65. The molecule has 136 valence electrons. The maximum atomic E-state index is 12.5. The highest BCUT2D eigenvalue weighted by molar-refractivity contribution is 6.31. The van der Waals surface area contributed by atoms with Crippen LogP contribution in [0.2, 0.25) is 5.02 Å². The molecular weight excluding hydrogens is 350 g/mol. The molecule has 26 heavy (non-hydrogen) atoms. The van der Waals surface area contributed by atoms with Gasteiger partial charge in [0.25, 0.3) is 0 Å². The predicted octanol–water partition coefficient (Wildman–Crippen LogP) is 3.00. The molecule has 0 aromatic heterocycles. The topological polar surface area (TPSA) is 61.4 Å². The van der Waals surface area contributed by atoms with E-state index in [0.717, 1.165) is 11.1 Å². The molecule has 5 nitrogen and oxygen atoms in total. The van der Waals surface area contributed by atoms with Crippen LogP contribution < -0.4 is 10.6 Å². The van der Waals surface area contributed by atoms with Crippen molar-refractivity contribution in [1.82, 2.24) is 15.5 Å². The number of urea groups is 1. The lowest BCUT2D eigenvalue weighted by molar-refractivity contribution is -0.121. The molecule has 0 radical (unpaired) electrons. The summed E-state index contributed by atoms with van der Waals surface area (Å²) in [7, 11) is 0. The second-order valence-electron chi connectivity index (χ2n) is 6.26. The fourth-order valence-corrected chi connectivity index (χ4v) is 3.43. The molecule has 6 heteroatoms. The molecule has 1 aliphatic heterocycles. The van der Waals surface area contributed by atoms with Crippen molar-refractivity contribution in [2.45, 2.75) is 12.3 Å². The average molecular weight is 372 g/mol. The maximum absolute atomic E-state index is 12.5. The highest BCUT2D eigenvalue weighted by Crippen LogP contribution is 2.32. The summed E-state index contributed by atoms with van der Waals surface area (Å²) in [6, 6.07) is 17.4. The molecule has 2 aromatic carbocycles. The summed E-state index contributed by atoms with van der Waals surface area (Å²) in [5, 5.41) is 6.32. The van der Waals surface area contributed by atoms with Gasteiger partial charge in [-0.25, -0.2) is 4.79 Å². The van der Waals surface area contributed by atoms with Crippen molar-refractivity contribution in [2.24, 2.45) is 0 Å². The molecule has 1 atom stereocenters. The predicted molar refractivity (Wildman–Crippen MR) is 102 cm³/mol. The number of nitrogens with zero attached hydrogens (tertiary/aromatic N) is 1. The van der Waals surface area contributed by atoms with Crippen LogP contribution in [-0.4, -0.2) is 43.0 Å². The first-order valence-electron chi connectivity index (χ1n) is 8.74. The van der Waals surface area contributed by atoms with E-state index in [1.54, 1.807) is 4.90 Å². The molecule has 0 spiro atoms. The summed E-state index contributed by atoms with van der Waals surface area (Å²) in [6.07, 6.45) is 0.305. The number of nitrogens with one attached hydrogen (secondary N) is 2. The van der Waals surface area contributed by atoms with Gasteiger partial charge in [-0.05, 0) is 17.2 Å². The van der Waals surface area contributed by atoms with Crippen LogP contribution >= 0.6 is 11.6 Å². The van der Waals surface area contributed by atoms with Gasteiger partial charge in [0, 0.05) is 43.5 Å². The quantitative estimate of drug-likeness (QED) is 0.786. The molecular formula is C20H22ClN3O2. The first-order chi connectivity index (χ1) is 12.6. The zero-order chi connectivity index (χ0) is 18.4. The largest absolute Gasteiger partial charge is 0.354 e. The monoisotopic (exact) mass is 371 g/mol. The van der Waals surface area contributed by atoms with E-state index >= 15 is 0 Å². The SMILES string of the molecule is O=C(CC(c1ccccc1)c1ccccc1Cl)NCCN1CCNC1=O. The summed E-state index contributed by atoms with van der Waals surface area (Å²) >= 11 is 6.38. The number of carbonyl (C=O) groups is 2. The van der Waals surface area contributed by atoms with Gasteiger partial charge in [0.05, 0.1) is 0 Å². The van der Waals surface area contributed by atoms with Gasteiger partial charge in [0.1, 0.15) is 0 Å². The zero-order valence-corrected chi connectivity index (χ0v) is 15.2. The first kappa shape index (κ1) is 18.3. The second-order valence-corrected chi connectivity index (χ2v) is 6.67. The summed E-state index contributed by atoms with van der Waals surface area (Å²) in [5.41, 5.74) is 1.99. The molecule has 0 saturated carbocycles. The highest BCUT2D eigenvalue weighted by Gasteiger charge is 2.21. The average Bonchev–Trinajstić information content (AvgIpc) is 3.06. The molecule has 3 rings (SSSR count). The highest BCUT2D eigenvalue weighted by atomic mass is 35.5.